The van der Waals surface area contributed by atoms with Crippen molar-refractivity contribution in [1.29, 1.82) is 0 Å². The van der Waals surface area contributed by atoms with Gasteiger partial charge in [0, 0.05) is 47.2 Å². The fraction of sp³-hybridized carbons (Fsp3) is 0.579. The Hall–Kier alpha value is -2.08. The molecule has 1 aliphatic heterocycles. The van der Waals surface area contributed by atoms with E-state index in [1.165, 1.54) is 37.1 Å². The van der Waals surface area contributed by atoms with Crippen LogP contribution in [0.1, 0.15) is 30.4 Å². The van der Waals surface area contributed by atoms with Crippen molar-refractivity contribution in [3.05, 3.63) is 35.4 Å². The van der Waals surface area contributed by atoms with Crippen molar-refractivity contribution in [3.8, 4) is 0 Å². The monoisotopic (exact) mass is 345 g/mol. The molecule has 0 radical (unpaired) electrons. The van der Waals surface area contributed by atoms with Gasteiger partial charge < -0.3 is 15.5 Å². The van der Waals surface area contributed by atoms with Crippen LogP contribution in [0.25, 0.3) is 0 Å². The number of amides is 1. The van der Waals surface area contributed by atoms with Crippen molar-refractivity contribution in [1.82, 2.24) is 20.4 Å². The number of nitrogens with zero attached hydrogens (tertiary/aromatic N) is 3. The molecule has 1 aromatic carbocycles. The van der Waals surface area contributed by atoms with Crippen molar-refractivity contribution >= 4 is 11.9 Å². The number of guanidine groups is 1. The maximum absolute atomic E-state index is 11.6. The summed E-state index contributed by atoms with van der Waals surface area (Å²) in [7, 11) is 5.27. The molecule has 138 valence electrons. The van der Waals surface area contributed by atoms with Crippen molar-refractivity contribution in [2.75, 3.05) is 40.8 Å². The minimum Gasteiger partial charge on any atom is -0.356 e. The van der Waals surface area contributed by atoms with Crippen LogP contribution in [0.5, 0.6) is 0 Å². The first kappa shape index (κ1) is 19.2. The van der Waals surface area contributed by atoms with E-state index in [4.69, 9.17) is 0 Å². The van der Waals surface area contributed by atoms with E-state index < -0.39 is 0 Å². The maximum Gasteiger partial charge on any atom is 0.223 e. The van der Waals surface area contributed by atoms with Gasteiger partial charge >= 0.3 is 0 Å². The zero-order valence-electron chi connectivity index (χ0n) is 15.7. The van der Waals surface area contributed by atoms with Crippen LogP contribution in [0.2, 0.25) is 0 Å². The Morgan fingerprint density at radius 2 is 1.76 bits per heavy atom. The summed E-state index contributed by atoms with van der Waals surface area (Å²) in [6.45, 7) is 4.79. The standard InChI is InChI=1S/C19H31N5O/c1-20-19(21-11-10-18(25)23(2)3)22-14-16-6-8-17(9-7-16)15-24-12-4-5-13-24/h6-9H,4-5,10-15H2,1-3H3,(H2,20,21,22). The first-order chi connectivity index (χ1) is 12.1. The number of hydrogen-bond acceptors (Lipinski definition) is 3. The Bertz CT molecular complexity index is 562. The van der Waals surface area contributed by atoms with E-state index in [2.05, 4.69) is 44.8 Å². The molecule has 0 saturated carbocycles. The normalized spacial score (nSPS) is 15.2. The van der Waals surface area contributed by atoms with Crippen LogP contribution < -0.4 is 10.6 Å². The molecule has 0 spiro atoms. The first-order valence-electron chi connectivity index (χ1n) is 9.03. The highest BCUT2D eigenvalue weighted by Gasteiger charge is 2.11. The van der Waals surface area contributed by atoms with E-state index in [1.54, 1.807) is 26.0 Å². The third-order valence-electron chi connectivity index (χ3n) is 4.44. The number of rotatable bonds is 7. The van der Waals surface area contributed by atoms with E-state index in [0.29, 0.717) is 25.5 Å². The number of carbonyl (C=O) groups is 1. The first-order valence-corrected chi connectivity index (χ1v) is 9.03. The number of hydrogen-bond donors (Lipinski definition) is 2. The molecule has 0 unspecified atom stereocenters. The topological polar surface area (TPSA) is 60.0 Å². The lowest BCUT2D eigenvalue weighted by atomic mass is 10.1. The van der Waals surface area contributed by atoms with Gasteiger partial charge in [0.2, 0.25) is 5.91 Å². The van der Waals surface area contributed by atoms with Crippen LogP contribution in [-0.2, 0) is 17.9 Å². The van der Waals surface area contributed by atoms with Crippen LogP contribution in [0.4, 0.5) is 0 Å². The summed E-state index contributed by atoms with van der Waals surface area (Å²) in [5, 5.41) is 6.45. The number of likely N-dealkylation sites (tertiary alicyclic amines) is 1. The fourth-order valence-electron chi connectivity index (χ4n) is 2.88. The molecule has 0 aromatic heterocycles. The second kappa shape index (κ2) is 10.0. The van der Waals surface area contributed by atoms with Gasteiger partial charge in [0.15, 0.2) is 5.96 Å². The maximum atomic E-state index is 11.6. The smallest absolute Gasteiger partial charge is 0.223 e. The van der Waals surface area contributed by atoms with Gasteiger partial charge in [-0.3, -0.25) is 14.7 Å². The van der Waals surface area contributed by atoms with Crippen molar-refractivity contribution in [3.63, 3.8) is 0 Å². The highest BCUT2D eigenvalue weighted by atomic mass is 16.2. The van der Waals surface area contributed by atoms with Gasteiger partial charge in [0.25, 0.3) is 0 Å². The molecule has 0 bridgehead atoms. The third kappa shape index (κ3) is 6.74. The predicted molar refractivity (Wildman–Crippen MR) is 102 cm³/mol. The average Bonchev–Trinajstić information content (AvgIpc) is 3.12. The molecule has 1 amide bonds. The fourth-order valence-corrected chi connectivity index (χ4v) is 2.88. The van der Waals surface area contributed by atoms with Crippen LogP contribution in [-0.4, -0.2) is 62.4 Å². The van der Waals surface area contributed by atoms with Crippen molar-refractivity contribution < 1.29 is 4.79 Å². The molecule has 2 rings (SSSR count). The lowest BCUT2D eigenvalue weighted by molar-refractivity contribution is -0.128. The minimum atomic E-state index is 0.108. The zero-order valence-corrected chi connectivity index (χ0v) is 15.7. The van der Waals surface area contributed by atoms with E-state index in [-0.39, 0.29) is 5.91 Å². The minimum absolute atomic E-state index is 0.108. The molecule has 0 aliphatic carbocycles. The molecular formula is C19H31N5O. The van der Waals surface area contributed by atoms with Crippen molar-refractivity contribution in [2.24, 2.45) is 4.99 Å². The summed E-state index contributed by atoms with van der Waals surface area (Å²) in [6.07, 6.45) is 3.11. The molecule has 1 aliphatic rings. The summed E-state index contributed by atoms with van der Waals surface area (Å²) in [5.41, 5.74) is 2.59. The number of carbonyl (C=O) groups excluding carboxylic acids is 1. The van der Waals surface area contributed by atoms with Crippen LogP contribution >= 0.6 is 0 Å². The Morgan fingerprint density at radius 3 is 2.36 bits per heavy atom. The van der Waals surface area contributed by atoms with Crippen LogP contribution in [0.15, 0.2) is 29.3 Å². The second-order valence-electron chi connectivity index (χ2n) is 6.69. The van der Waals surface area contributed by atoms with Gasteiger partial charge in [-0.25, -0.2) is 0 Å². The van der Waals surface area contributed by atoms with Crippen LogP contribution in [0.3, 0.4) is 0 Å². The highest BCUT2D eigenvalue weighted by Crippen LogP contribution is 2.13. The van der Waals surface area contributed by atoms with Gasteiger partial charge in [0.05, 0.1) is 0 Å². The van der Waals surface area contributed by atoms with Crippen molar-refractivity contribution in [2.45, 2.75) is 32.4 Å². The Kier molecular flexibility index (Phi) is 7.73. The molecule has 25 heavy (non-hydrogen) atoms. The van der Waals surface area contributed by atoms with Gasteiger partial charge in [-0.05, 0) is 37.1 Å². The summed E-state index contributed by atoms with van der Waals surface area (Å²) in [6, 6.07) is 8.76. The Balaban J connectivity index is 1.72. The number of aliphatic imine (C=N–C) groups is 1. The molecule has 0 atom stereocenters. The molecule has 2 N–H and O–H groups in total. The summed E-state index contributed by atoms with van der Waals surface area (Å²) in [5.74, 6) is 0.823. The predicted octanol–water partition coefficient (Wildman–Crippen LogP) is 1.43. The molecule has 1 saturated heterocycles. The average molecular weight is 345 g/mol. The van der Waals surface area contributed by atoms with Crippen LogP contribution in [0, 0.1) is 0 Å². The lowest BCUT2D eigenvalue weighted by Gasteiger charge is -2.15. The number of nitrogens with one attached hydrogen (secondary N) is 2. The largest absolute Gasteiger partial charge is 0.356 e. The van der Waals surface area contributed by atoms with Gasteiger partial charge in [-0.1, -0.05) is 24.3 Å². The van der Waals surface area contributed by atoms with E-state index in [9.17, 15) is 4.79 Å². The highest BCUT2D eigenvalue weighted by molar-refractivity contribution is 5.81. The van der Waals surface area contributed by atoms with E-state index in [0.717, 1.165) is 6.54 Å². The SMILES string of the molecule is CN=C(NCCC(=O)N(C)C)NCc1ccc(CN2CCCC2)cc1. The van der Waals surface area contributed by atoms with Gasteiger partial charge in [0.1, 0.15) is 0 Å². The molecular weight excluding hydrogens is 314 g/mol. The van der Waals surface area contributed by atoms with Gasteiger partial charge in [-0.2, -0.15) is 0 Å². The summed E-state index contributed by atoms with van der Waals surface area (Å²) >= 11 is 0. The summed E-state index contributed by atoms with van der Waals surface area (Å²) < 4.78 is 0. The quantitative estimate of drug-likeness (QED) is 0.580. The Morgan fingerprint density at radius 1 is 1.12 bits per heavy atom. The molecule has 6 heteroatoms. The molecule has 1 aromatic rings. The molecule has 6 nitrogen and oxygen atoms in total. The van der Waals surface area contributed by atoms with Gasteiger partial charge in [-0.15, -0.1) is 0 Å². The number of benzene rings is 1. The lowest BCUT2D eigenvalue weighted by Crippen LogP contribution is -2.38. The van der Waals surface area contributed by atoms with E-state index in [1.807, 2.05) is 0 Å². The second-order valence-corrected chi connectivity index (χ2v) is 6.69. The van der Waals surface area contributed by atoms with E-state index >= 15 is 0 Å². The Labute approximate surface area is 151 Å². The zero-order chi connectivity index (χ0) is 18.1. The molecule has 1 fully saturated rings. The summed E-state index contributed by atoms with van der Waals surface area (Å²) in [4.78, 5) is 19.9. The molecule has 1 heterocycles. The third-order valence-corrected chi connectivity index (χ3v) is 4.44.